The molecular weight excluding hydrogens is 560 g/mol. The fourth-order valence-electron chi connectivity index (χ4n) is 3.20. The average molecular weight is 574 g/mol. The number of aromatic nitrogens is 6. The smallest absolute Gasteiger partial charge is 0.355 e. The topological polar surface area (TPSA) is 120 Å². The van der Waals surface area contributed by atoms with E-state index in [1.807, 2.05) is 0 Å². The third kappa shape index (κ3) is 5.68. The predicted octanol–water partition coefficient (Wildman–Crippen LogP) is 4.50. The Bertz CT molecular complexity index is 1500. The summed E-state index contributed by atoms with van der Waals surface area (Å²) in [5, 5.41) is 16.5. The second-order valence-corrected chi connectivity index (χ2v) is 8.59. The second kappa shape index (κ2) is 10.4. The van der Waals surface area contributed by atoms with Crippen LogP contribution in [0.25, 0.3) is 5.82 Å². The number of halogens is 6. The molecule has 16 heteroatoms. The van der Waals surface area contributed by atoms with Crippen molar-refractivity contribution in [2.45, 2.75) is 12.7 Å². The highest BCUT2D eigenvalue weighted by Crippen LogP contribution is 2.31. The molecule has 3 heterocycles. The first-order chi connectivity index (χ1) is 17.5. The van der Waals surface area contributed by atoms with Gasteiger partial charge < -0.3 is 10.6 Å². The lowest BCUT2D eigenvalue weighted by Crippen LogP contribution is -2.23. The molecule has 4 rings (SSSR count). The van der Waals surface area contributed by atoms with E-state index in [-0.39, 0.29) is 50.1 Å². The third-order valence-electron chi connectivity index (χ3n) is 4.83. The Labute approximate surface area is 221 Å². The van der Waals surface area contributed by atoms with E-state index in [1.165, 1.54) is 37.5 Å². The minimum absolute atomic E-state index is 0.00377. The molecule has 0 aliphatic heterocycles. The molecule has 0 fully saturated rings. The number of nitrogens with one attached hydrogen (secondary N) is 2. The highest BCUT2D eigenvalue weighted by Gasteiger charge is 2.34. The van der Waals surface area contributed by atoms with E-state index in [4.69, 9.17) is 34.8 Å². The maximum atomic E-state index is 13.4. The SMILES string of the molecule is CNC(=O)c1cc(Cl)cc(Cl)c1NC(=O)c1cc(Cn2ncc(C(F)(F)F)n2)nn1-c1ncccc1Cl. The van der Waals surface area contributed by atoms with Gasteiger partial charge in [-0.3, -0.25) is 9.59 Å². The molecule has 0 unspecified atom stereocenters. The zero-order valence-corrected chi connectivity index (χ0v) is 20.8. The summed E-state index contributed by atoms with van der Waals surface area (Å²) in [5.74, 6) is -1.27. The molecule has 0 bridgehead atoms. The van der Waals surface area contributed by atoms with Crippen LogP contribution in [0.2, 0.25) is 15.1 Å². The molecule has 0 radical (unpaired) electrons. The second-order valence-electron chi connectivity index (χ2n) is 7.34. The predicted molar refractivity (Wildman–Crippen MR) is 128 cm³/mol. The number of rotatable bonds is 6. The molecule has 0 spiro atoms. The van der Waals surface area contributed by atoms with Crippen molar-refractivity contribution in [2.24, 2.45) is 0 Å². The van der Waals surface area contributed by atoms with E-state index < -0.39 is 23.7 Å². The molecule has 0 aliphatic carbocycles. The van der Waals surface area contributed by atoms with E-state index in [1.54, 1.807) is 6.07 Å². The first-order valence-electron chi connectivity index (χ1n) is 10.2. The number of carbonyl (C=O) groups is 2. The van der Waals surface area contributed by atoms with Gasteiger partial charge in [-0.15, -0.1) is 5.10 Å². The maximum absolute atomic E-state index is 13.4. The molecule has 4 aromatic rings. The van der Waals surface area contributed by atoms with Gasteiger partial charge in [0, 0.05) is 18.3 Å². The zero-order valence-electron chi connectivity index (χ0n) is 18.5. The number of anilines is 1. The number of benzene rings is 1. The highest BCUT2D eigenvalue weighted by molar-refractivity contribution is 6.38. The minimum Gasteiger partial charge on any atom is -0.355 e. The molecule has 0 atom stereocenters. The first kappa shape index (κ1) is 26.4. The van der Waals surface area contributed by atoms with Gasteiger partial charge in [0.15, 0.2) is 11.5 Å². The van der Waals surface area contributed by atoms with Crippen LogP contribution in [-0.2, 0) is 12.7 Å². The van der Waals surface area contributed by atoms with Crippen molar-refractivity contribution < 1.29 is 22.8 Å². The number of pyridine rings is 1. The van der Waals surface area contributed by atoms with Crippen molar-refractivity contribution in [2.75, 3.05) is 12.4 Å². The van der Waals surface area contributed by atoms with E-state index in [0.717, 1.165) is 9.48 Å². The van der Waals surface area contributed by atoms with Crippen molar-refractivity contribution in [3.8, 4) is 5.82 Å². The Morgan fingerprint density at radius 1 is 1.05 bits per heavy atom. The minimum atomic E-state index is -4.68. The fraction of sp³-hybridized carbons (Fsp3) is 0.143. The molecule has 1 aromatic carbocycles. The molecule has 3 aromatic heterocycles. The largest absolute Gasteiger partial charge is 0.436 e. The van der Waals surface area contributed by atoms with Gasteiger partial charge in [0.25, 0.3) is 11.8 Å². The van der Waals surface area contributed by atoms with Crippen molar-refractivity contribution in [3.05, 3.63) is 80.4 Å². The Kier molecular flexibility index (Phi) is 7.39. The van der Waals surface area contributed by atoms with Gasteiger partial charge in [-0.2, -0.15) is 28.2 Å². The van der Waals surface area contributed by atoms with Crippen LogP contribution in [0.3, 0.4) is 0 Å². The summed E-state index contributed by atoms with van der Waals surface area (Å²) < 4.78 is 39.8. The van der Waals surface area contributed by atoms with Crippen molar-refractivity contribution >= 4 is 52.3 Å². The molecule has 192 valence electrons. The van der Waals surface area contributed by atoms with Crippen molar-refractivity contribution in [3.63, 3.8) is 0 Å². The quantitative estimate of drug-likeness (QED) is 0.351. The van der Waals surface area contributed by atoms with E-state index in [2.05, 4.69) is 30.9 Å². The van der Waals surface area contributed by atoms with Gasteiger partial charge >= 0.3 is 6.18 Å². The van der Waals surface area contributed by atoms with Crippen LogP contribution in [0, 0.1) is 0 Å². The summed E-state index contributed by atoms with van der Waals surface area (Å²) in [7, 11) is 1.39. The number of nitrogens with zero attached hydrogens (tertiary/aromatic N) is 6. The monoisotopic (exact) mass is 572 g/mol. The summed E-state index contributed by atoms with van der Waals surface area (Å²) in [6.07, 6.45) is -2.69. The van der Waals surface area contributed by atoms with Crippen LogP contribution in [0.1, 0.15) is 32.2 Å². The van der Waals surface area contributed by atoms with Gasteiger partial charge in [-0.05, 0) is 30.3 Å². The lowest BCUT2D eigenvalue weighted by Gasteiger charge is -2.13. The fourth-order valence-corrected chi connectivity index (χ4v) is 3.95. The third-order valence-corrected chi connectivity index (χ3v) is 5.64. The van der Waals surface area contributed by atoms with E-state index in [0.29, 0.717) is 6.20 Å². The lowest BCUT2D eigenvalue weighted by molar-refractivity contribution is -0.141. The Morgan fingerprint density at radius 2 is 1.81 bits per heavy atom. The molecule has 0 aliphatic rings. The first-order valence-corrected chi connectivity index (χ1v) is 11.3. The van der Waals surface area contributed by atoms with Crippen molar-refractivity contribution in [1.29, 1.82) is 0 Å². The van der Waals surface area contributed by atoms with Crippen LogP contribution in [0.15, 0.2) is 42.7 Å². The lowest BCUT2D eigenvalue weighted by atomic mass is 10.1. The van der Waals surface area contributed by atoms with Gasteiger partial charge in [-0.25, -0.2) is 9.67 Å². The molecule has 10 nitrogen and oxygen atoms in total. The molecule has 0 saturated carbocycles. The van der Waals surface area contributed by atoms with Crippen LogP contribution in [0.4, 0.5) is 18.9 Å². The number of alkyl halides is 3. The van der Waals surface area contributed by atoms with Crippen LogP contribution >= 0.6 is 34.8 Å². The molecule has 2 amide bonds. The summed E-state index contributed by atoms with van der Waals surface area (Å²) in [6, 6.07) is 7.02. The summed E-state index contributed by atoms with van der Waals surface area (Å²) >= 11 is 18.5. The number of hydrogen-bond donors (Lipinski definition) is 2. The Morgan fingerprint density at radius 3 is 2.46 bits per heavy atom. The molecule has 0 saturated heterocycles. The van der Waals surface area contributed by atoms with Gasteiger partial charge in [0.05, 0.1) is 33.2 Å². The van der Waals surface area contributed by atoms with E-state index >= 15 is 0 Å². The summed E-state index contributed by atoms with van der Waals surface area (Å²) in [4.78, 5) is 30.6. The molecule has 37 heavy (non-hydrogen) atoms. The number of hydrogen-bond acceptors (Lipinski definition) is 6. The molecule has 2 N–H and O–H groups in total. The molecular formula is C21H14Cl3F3N8O2. The number of amides is 2. The van der Waals surface area contributed by atoms with Gasteiger partial charge in [0.2, 0.25) is 0 Å². The van der Waals surface area contributed by atoms with Crippen molar-refractivity contribution in [1.82, 2.24) is 35.1 Å². The standard InChI is InChI=1S/C21H14Cl3F3N8O2/c1-28-19(36)12-5-10(22)6-14(24)17(12)31-20(37)15-7-11(9-34-30-8-16(33-34)21(25,26)27)32-35(15)18-13(23)3-2-4-29-18/h2-8H,9H2,1H3,(H,28,36)(H,31,37). The van der Waals surface area contributed by atoms with Crippen LogP contribution < -0.4 is 10.6 Å². The Hall–Kier alpha value is -3.68. The van der Waals surface area contributed by atoms with Crippen LogP contribution in [-0.4, -0.2) is 48.6 Å². The normalized spacial score (nSPS) is 11.4. The average Bonchev–Trinajstić information content (AvgIpc) is 3.48. The number of carbonyl (C=O) groups excluding carboxylic acids is 2. The van der Waals surface area contributed by atoms with Gasteiger partial charge in [0.1, 0.15) is 12.2 Å². The Balaban J connectivity index is 1.75. The summed E-state index contributed by atoms with van der Waals surface area (Å²) in [6.45, 7) is -0.307. The summed E-state index contributed by atoms with van der Waals surface area (Å²) in [5.41, 5.74) is -1.22. The van der Waals surface area contributed by atoms with Gasteiger partial charge in [-0.1, -0.05) is 34.8 Å². The maximum Gasteiger partial charge on any atom is 0.436 e. The zero-order chi connectivity index (χ0) is 26.9. The van der Waals surface area contributed by atoms with Crippen LogP contribution in [0.5, 0.6) is 0 Å². The highest BCUT2D eigenvalue weighted by atomic mass is 35.5. The van der Waals surface area contributed by atoms with E-state index in [9.17, 15) is 22.8 Å².